The van der Waals surface area contributed by atoms with E-state index >= 15 is 0 Å². The Kier molecular flexibility index (Phi) is 5.56. The van der Waals surface area contributed by atoms with Gasteiger partial charge in [0, 0.05) is 23.7 Å². The molecule has 2 rings (SSSR count). The Morgan fingerprint density at radius 3 is 2.50 bits per heavy atom. The molecule has 0 radical (unpaired) electrons. The van der Waals surface area contributed by atoms with Gasteiger partial charge >= 0.3 is 0 Å². The Bertz CT molecular complexity index is 522. The summed E-state index contributed by atoms with van der Waals surface area (Å²) in [5.41, 5.74) is 2.43. The second-order valence-corrected chi connectivity index (χ2v) is 5.64. The van der Waals surface area contributed by atoms with Crippen LogP contribution in [0.15, 0.2) is 30.3 Å². The molecule has 0 amide bonds. The lowest BCUT2D eigenvalue weighted by Gasteiger charge is -2.19. The van der Waals surface area contributed by atoms with Crippen molar-refractivity contribution in [3.63, 3.8) is 0 Å². The number of rotatable bonds is 7. The van der Waals surface area contributed by atoms with Crippen LogP contribution in [0, 0.1) is 0 Å². The van der Waals surface area contributed by atoms with Crippen molar-refractivity contribution in [2.24, 2.45) is 0 Å². The van der Waals surface area contributed by atoms with Crippen LogP contribution < -0.4 is 10.2 Å². The molecular formula is C16H23N3S. The van der Waals surface area contributed by atoms with Crippen LogP contribution >= 0.6 is 11.3 Å². The first-order valence-corrected chi connectivity index (χ1v) is 8.13. The van der Waals surface area contributed by atoms with Gasteiger partial charge < -0.3 is 10.2 Å². The number of hydrogen-bond donors (Lipinski definition) is 1. The molecule has 108 valence electrons. The number of benzene rings is 1. The van der Waals surface area contributed by atoms with Gasteiger partial charge in [-0.15, -0.1) is 0 Å². The summed E-state index contributed by atoms with van der Waals surface area (Å²) < 4.78 is 0. The van der Waals surface area contributed by atoms with Crippen molar-refractivity contribution in [2.45, 2.75) is 33.7 Å². The number of aromatic nitrogens is 1. The molecule has 20 heavy (non-hydrogen) atoms. The summed E-state index contributed by atoms with van der Waals surface area (Å²) in [7, 11) is 0. The van der Waals surface area contributed by atoms with E-state index in [1.54, 1.807) is 11.3 Å². The van der Waals surface area contributed by atoms with E-state index in [0.29, 0.717) is 0 Å². The maximum atomic E-state index is 4.83. The molecule has 0 saturated carbocycles. The number of thiazole rings is 1. The average Bonchev–Trinajstić information content (AvgIpc) is 2.90. The van der Waals surface area contributed by atoms with Crippen LogP contribution in [0.25, 0.3) is 0 Å². The van der Waals surface area contributed by atoms with Crippen molar-refractivity contribution in [2.75, 3.05) is 18.0 Å². The minimum Gasteiger partial charge on any atom is -0.318 e. The van der Waals surface area contributed by atoms with Gasteiger partial charge in [0.05, 0.1) is 5.69 Å². The Labute approximate surface area is 125 Å². The molecule has 0 unspecified atom stereocenters. The molecule has 1 aromatic heterocycles. The first kappa shape index (κ1) is 15.0. The van der Waals surface area contributed by atoms with E-state index in [4.69, 9.17) is 4.98 Å². The average molecular weight is 289 g/mol. The summed E-state index contributed by atoms with van der Waals surface area (Å²) in [5.74, 6) is 0. The van der Waals surface area contributed by atoms with Gasteiger partial charge in [0.25, 0.3) is 0 Å². The lowest BCUT2D eigenvalue weighted by molar-refractivity contribution is 0.727. The first-order chi connectivity index (χ1) is 9.80. The van der Waals surface area contributed by atoms with Gasteiger partial charge in [-0.2, -0.15) is 0 Å². The van der Waals surface area contributed by atoms with Crippen LogP contribution in [-0.4, -0.2) is 18.1 Å². The molecule has 0 bridgehead atoms. The largest absolute Gasteiger partial charge is 0.318 e. The Morgan fingerprint density at radius 2 is 1.90 bits per heavy atom. The Hall–Kier alpha value is -1.39. The minimum atomic E-state index is 0.920. The third kappa shape index (κ3) is 3.38. The van der Waals surface area contributed by atoms with Gasteiger partial charge in [-0.3, -0.25) is 0 Å². The quantitative estimate of drug-likeness (QED) is 0.836. The lowest BCUT2D eigenvalue weighted by atomic mass is 10.3. The van der Waals surface area contributed by atoms with Gasteiger partial charge in [-0.25, -0.2) is 4.98 Å². The van der Waals surface area contributed by atoms with Crippen LogP contribution in [0.4, 0.5) is 10.8 Å². The maximum absolute atomic E-state index is 4.83. The molecule has 0 spiro atoms. The Balaban J connectivity index is 2.28. The zero-order valence-corrected chi connectivity index (χ0v) is 13.3. The van der Waals surface area contributed by atoms with Crippen LogP contribution in [0.1, 0.15) is 31.3 Å². The molecule has 1 heterocycles. The molecule has 0 saturated heterocycles. The summed E-state index contributed by atoms with van der Waals surface area (Å²) in [6.45, 7) is 9.32. The molecule has 3 nitrogen and oxygen atoms in total. The fraction of sp³-hybridized carbons (Fsp3) is 0.438. The molecule has 0 aliphatic carbocycles. The van der Waals surface area contributed by atoms with E-state index in [1.807, 2.05) is 6.07 Å². The maximum Gasteiger partial charge on any atom is 0.190 e. The van der Waals surface area contributed by atoms with Crippen molar-refractivity contribution in [1.82, 2.24) is 10.3 Å². The molecule has 1 N–H and O–H groups in total. The highest BCUT2D eigenvalue weighted by Gasteiger charge is 2.15. The molecule has 2 aromatic rings. The molecule has 4 heteroatoms. The number of hydrogen-bond acceptors (Lipinski definition) is 4. The van der Waals surface area contributed by atoms with Crippen LogP contribution in [0.2, 0.25) is 0 Å². The SMILES string of the molecule is CCNCc1sc(N(CC)c2ccccc2)nc1CC. The van der Waals surface area contributed by atoms with E-state index in [-0.39, 0.29) is 0 Å². The highest BCUT2D eigenvalue weighted by molar-refractivity contribution is 7.15. The number of nitrogens with one attached hydrogen (secondary N) is 1. The first-order valence-electron chi connectivity index (χ1n) is 7.32. The summed E-state index contributed by atoms with van der Waals surface area (Å²) in [4.78, 5) is 8.47. The van der Waals surface area contributed by atoms with Gasteiger partial charge in [0.2, 0.25) is 0 Å². The van der Waals surface area contributed by atoms with Crippen LogP contribution in [0.3, 0.4) is 0 Å². The third-order valence-corrected chi connectivity index (χ3v) is 4.37. The van der Waals surface area contributed by atoms with E-state index in [9.17, 15) is 0 Å². The highest BCUT2D eigenvalue weighted by Crippen LogP contribution is 2.31. The normalized spacial score (nSPS) is 10.8. The van der Waals surface area contributed by atoms with E-state index in [0.717, 1.165) is 31.2 Å². The van der Waals surface area contributed by atoms with Crippen LogP contribution in [0.5, 0.6) is 0 Å². The molecule has 1 aromatic carbocycles. The van der Waals surface area contributed by atoms with Crippen molar-refractivity contribution in [3.05, 3.63) is 40.9 Å². The van der Waals surface area contributed by atoms with Gasteiger partial charge in [-0.1, -0.05) is 43.4 Å². The third-order valence-electron chi connectivity index (χ3n) is 3.25. The predicted molar refractivity (Wildman–Crippen MR) is 88.0 cm³/mol. The second-order valence-electron chi connectivity index (χ2n) is 4.58. The highest BCUT2D eigenvalue weighted by atomic mass is 32.1. The minimum absolute atomic E-state index is 0.920. The standard InChI is InChI=1S/C16H23N3S/c1-4-14-15(12-17-5-2)20-16(18-14)19(6-3)13-10-8-7-9-11-13/h7-11,17H,4-6,12H2,1-3H3. The van der Waals surface area contributed by atoms with E-state index in [2.05, 4.69) is 55.3 Å². The van der Waals surface area contributed by atoms with Crippen molar-refractivity contribution < 1.29 is 0 Å². The summed E-state index contributed by atoms with van der Waals surface area (Å²) in [6, 6.07) is 10.5. The summed E-state index contributed by atoms with van der Waals surface area (Å²) in [6.07, 6.45) is 0.990. The number of nitrogens with zero attached hydrogens (tertiary/aromatic N) is 2. The molecule has 0 fully saturated rings. The number of para-hydroxylation sites is 1. The van der Waals surface area contributed by atoms with Crippen LogP contribution in [-0.2, 0) is 13.0 Å². The second kappa shape index (κ2) is 7.41. The Morgan fingerprint density at radius 1 is 1.15 bits per heavy atom. The smallest absolute Gasteiger partial charge is 0.190 e. The van der Waals surface area contributed by atoms with E-state index < -0.39 is 0 Å². The zero-order chi connectivity index (χ0) is 14.4. The summed E-state index contributed by atoms with van der Waals surface area (Å²) in [5, 5.41) is 4.50. The molecule has 0 aliphatic heterocycles. The fourth-order valence-corrected chi connectivity index (χ4v) is 3.38. The molecule has 0 aliphatic rings. The van der Waals surface area contributed by atoms with E-state index in [1.165, 1.54) is 16.3 Å². The molecular weight excluding hydrogens is 266 g/mol. The summed E-state index contributed by atoms with van der Waals surface area (Å²) >= 11 is 1.80. The lowest BCUT2D eigenvalue weighted by Crippen LogP contribution is -2.15. The van der Waals surface area contributed by atoms with Crippen molar-refractivity contribution in [1.29, 1.82) is 0 Å². The van der Waals surface area contributed by atoms with Crippen molar-refractivity contribution in [3.8, 4) is 0 Å². The van der Waals surface area contributed by atoms with Gasteiger partial charge in [0.1, 0.15) is 0 Å². The topological polar surface area (TPSA) is 28.2 Å². The monoisotopic (exact) mass is 289 g/mol. The predicted octanol–water partition coefficient (Wildman–Crippen LogP) is 3.97. The van der Waals surface area contributed by atoms with Gasteiger partial charge in [0.15, 0.2) is 5.13 Å². The molecule has 0 atom stereocenters. The zero-order valence-electron chi connectivity index (χ0n) is 12.5. The number of anilines is 2. The van der Waals surface area contributed by atoms with Crippen molar-refractivity contribution >= 4 is 22.2 Å². The van der Waals surface area contributed by atoms with Gasteiger partial charge in [-0.05, 0) is 32.0 Å². The fourth-order valence-electron chi connectivity index (χ4n) is 2.17. The number of aryl methyl sites for hydroxylation is 1.